The summed E-state index contributed by atoms with van der Waals surface area (Å²) in [7, 11) is -3.63. The van der Waals surface area contributed by atoms with Crippen LogP contribution in [0.3, 0.4) is 0 Å². The second kappa shape index (κ2) is 6.55. The normalized spacial score (nSPS) is 19.4. The third-order valence-electron chi connectivity index (χ3n) is 3.53. The molecule has 0 bridgehead atoms. The molecular formula is C13H18ClN3O2S. The van der Waals surface area contributed by atoms with Crippen LogP contribution in [0.2, 0.25) is 0 Å². The number of nitrogens with two attached hydrogens (primary N) is 1. The summed E-state index contributed by atoms with van der Waals surface area (Å²) in [5, 5.41) is 9.17. The number of benzene rings is 1. The standard InChI is InChI=1S/C13H17N3O2S.ClH/c1-10-4-2-6-13(12(10)9-15)19(17,18)16-7-3-5-11(16)8-14;/h2,4,6,11H,3,5,7-8,14H2,1H3;1H. The molecule has 1 saturated heterocycles. The number of aryl methyl sites for hydroxylation is 1. The molecular weight excluding hydrogens is 298 g/mol. The van der Waals surface area contributed by atoms with Crippen molar-refractivity contribution in [3.05, 3.63) is 29.3 Å². The van der Waals surface area contributed by atoms with Gasteiger partial charge in [0, 0.05) is 19.1 Å². The second-order valence-corrected chi connectivity index (χ2v) is 6.57. The Hall–Kier alpha value is -1.13. The van der Waals surface area contributed by atoms with Gasteiger partial charge in [-0.25, -0.2) is 8.42 Å². The van der Waals surface area contributed by atoms with E-state index in [1.54, 1.807) is 19.1 Å². The lowest BCUT2D eigenvalue weighted by molar-refractivity contribution is 0.393. The Balaban J connectivity index is 0.00000200. The highest BCUT2D eigenvalue weighted by molar-refractivity contribution is 7.89. The van der Waals surface area contributed by atoms with E-state index < -0.39 is 10.0 Å². The van der Waals surface area contributed by atoms with Crippen molar-refractivity contribution >= 4 is 22.4 Å². The van der Waals surface area contributed by atoms with Crippen LogP contribution in [0, 0.1) is 18.3 Å². The minimum Gasteiger partial charge on any atom is -0.329 e. The van der Waals surface area contributed by atoms with Crippen molar-refractivity contribution in [1.82, 2.24) is 4.31 Å². The maximum absolute atomic E-state index is 12.7. The lowest BCUT2D eigenvalue weighted by Gasteiger charge is -2.23. The number of nitrogens with zero attached hydrogens (tertiary/aromatic N) is 2. The second-order valence-electron chi connectivity index (χ2n) is 4.71. The first kappa shape index (κ1) is 16.9. The highest BCUT2D eigenvalue weighted by Gasteiger charge is 2.35. The largest absolute Gasteiger partial charge is 0.329 e. The molecule has 0 aromatic heterocycles. The van der Waals surface area contributed by atoms with Crippen molar-refractivity contribution in [1.29, 1.82) is 5.26 Å². The lowest BCUT2D eigenvalue weighted by Crippen LogP contribution is -2.40. The molecule has 1 atom stereocenters. The number of halogens is 1. The van der Waals surface area contributed by atoms with E-state index >= 15 is 0 Å². The van der Waals surface area contributed by atoms with Crippen molar-refractivity contribution in [3.8, 4) is 6.07 Å². The van der Waals surface area contributed by atoms with Crippen LogP contribution in [0.15, 0.2) is 23.1 Å². The summed E-state index contributed by atoms with van der Waals surface area (Å²) in [6.45, 7) is 2.53. The van der Waals surface area contributed by atoms with Gasteiger partial charge in [-0.2, -0.15) is 9.57 Å². The van der Waals surface area contributed by atoms with Crippen LogP contribution in [0.25, 0.3) is 0 Å². The summed E-state index contributed by atoms with van der Waals surface area (Å²) >= 11 is 0. The topological polar surface area (TPSA) is 87.2 Å². The summed E-state index contributed by atoms with van der Waals surface area (Å²) in [4.78, 5) is 0.0929. The summed E-state index contributed by atoms with van der Waals surface area (Å²) in [6, 6.07) is 6.73. The summed E-state index contributed by atoms with van der Waals surface area (Å²) in [5.74, 6) is 0. The molecule has 7 heteroatoms. The Morgan fingerprint density at radius 3 is 2.80 bits per heavy atom. The van der Waals surface area contributed by atoms with Gasteiger partial charge in [0.2, 0.25) is 10.0 Å². The van der Waals surface area contributed by atoms with Crippen molar-refractivity contribution in [3.63, 3.8) is 0 Å². The monoisotopic (exact) mass is 315 g/mol. The van der Waals surface area contributed by atoms with E-state index in [9.17, 15) is 13.7 Å². The predicted octanol–water partition coefficient (Wildman–Crippen LogP) is 1.40. The van der Waals surface area contributed by atoms with Crippen LogP contribution in [0.5, 0.6) is 0 Å². The van der Waals surface area contributed by atoms with Crippen LogP contribution >= 0.6 is 12.4 Å². The average Bonchev–Trinajstić information content (AvgIpc) is 2.87. The summed E-state index contributed by atoms with van der Waals surface area (Å²) in [6.07, 6.45) is 1.60. The van der Waals surface area contributed by atoms with E-state index in [2.05, 4.69) is 0 Å². The molecule has 0 saturated carbocycles. The fraction of sp³-hybridized carbons (Fsp3) is 0.462. The van der Waals surface area contributed by atoms with E-state index in [0.717, 1.165) is 12.8 Å². The van der Waals surface area contributed by atoms with E-state index in [4.69, 9.17) is 5.73 Å². The van der Waals surface area contributed by atoms with Gasteiger partial charge in [-0.1, -0.05) is 12.1 Å². The van der Waals surface area contributed by atoms with Crippen molar-refractivity contribution in [2.75, 3.05) is 13.1 Å². The number of sulfonamides is 1. The smallest absolute Gasteiger partial charge is 0.244 e. The molecule has 1 heterocycles. The van der Waals surface area contributed by atoms with Crippen LogP contribution in [0.4, 0.5) is 0 Å². The summed E-state index contributed by atoms with van der Waals surface area (Å²) < 4.78 is 26.7. The first-order valence-corrected chi connectivity index (χ1v) is 7.68. The van der Waals surface area contributed by atoms with Crippen LogP contribution in [-0.4, -0.2) is 31.9 Å². The zero-order chi connectivity index (χ0) is 14.0. The molecule has 5 nitrogen and oxygen atoms in total. The molecule has 1 unspecified atom stereocenters. The van der Waals surface area contributed by atoms with Crippen LogP contribution in [-0.2, 0) is 10.0 Å². The van der Waals surface area contributed by atoms with Gasteiger partial charge in [0.15, 0.2) is 0 Å². The van der Waals surface area contributed by atoms with Crippen molar-refractivity contribution in [2.24, 2.45) is 5.73 Å². The Bertz CT molecular complexity index is 625. The predicted molar refractivity (Wildman–Crippen MR) is 79.1 cm³/mol. The third kappa shape index (κ3) is 2.81. The quantitative estimate of drug-likeness (QED) is 0.913. The van der Waals surface area contributed by atoms with Crippen molar-refractivity contribution in [2.45, 2.75) is 30.7 Å². The number of hydrogen-bond donors (Lipinski definition) is 1. The van der Waals surface area contributed by atoms with E-state index in [1.807, 2.05) is 6.07 Å². The first-order chi connectivity index (χ1) is 9.02. The van der Waals surface area contributed by atoms with Gasteiger partial charge >= 0.3 is 0 Å². The maximum atomic E-state index is 12.7. The third-order valence-corrected chi connectivity index (χ3v) is 5.52. The molecule has 0 amide bonds. The Kier molecular flexibility index (Phi) is 5.54. The zero-order valence-corrected chi connectivity index (χ0v) is 12.9. The fourth-order valence-electron chi connectivity index (χ4n) is 2.49. The molecule has 20 heavy (non-hydrogen) atoms. The van der Waals surface area contributed by atoms with Gasteiger partial charge in [0.1, 0.15) is 11.0 Å². The Morgan fingerprint density at radius 2 is 2.20 bits per heavy atom. The van der Waals surface area contributed by atoms with Gasteiger partial charge in [-0.05, 0) is 31.4 Å². The molecule has 0 radical (unpaired) electrons. The molecule has 1 aromatic rings. The molecule has 110 valence electrons. The molecule has 2 rings (SSSR count). The highest BCUT2D eigenvalue weighted by Crippen LogP contribution is 2.28. The van der Waals surface area contributed by atoms with Gasteiger partial charge in [-0.3, -0.25) is 0 Å². The molecule has 1 fully saturated rings. The Labute approximate surface area is 125 Å². The SMILES string of the molecule is Cc1cccc(S(=O)(=O)N2CCCC2CN)c1C#N.Cl. The fourth-order valence-corrected chi connectivity index (χ4v) is 4.41. The van der Waals surface area contributed by atoms with Crippen molar-refractivity contribution < 1.29 is 8.42 Å². The molecule has 1 aliphatic heterocycles. The van der Waals surface area contributed by atoms with E-state index in [-0.39, 0.29) is 28.9 Å². The van der Waals surface area contributed by atoms with Crippen LogP contribution < -0.4 is 5.73 Å². The van der Waals surface area contributed by atoms with Crippen LogP contribution in [0.1, 0.15) is 24.0 Å². The molecule has 1 aliphatic rings. The van der Waals surface area contributed by atoms with E-state index in [1.165, 1.54) is 10.4 Å². The minimum absolute atomic E-state index is 0. The minimum atomic E-state index is -3.63. The van der Waals surface area contributed by atoms with Gasteiger partial charge < -0.3 is 5.73 Å². The number of rotatable bonds is 3. The zero-order valence-electron chi connectivity index (χ0n) is 11.2. The molecule has 0 aliphatic carbocycles. The highest BCUT2D eigenvalue weighted by atomic mass is 35.5. The lowest BCUT2D eigenvalue weighted by atomic mass is 10.1. The van der Waals surface area contributed by atoms with Gasteiger partial charge in [0.05, 0.1) is 5.56 Å². The Morgan fingerprint density at radius 1 is 1.50 bits per heavy atom. The van der Waals surface area contributed by atoms with Gasteiger partial charge in [0.25, 0.3) is 0 Å². The summed E-state index contributed by atoms with van der Waals surface area (Å²) in [5.41, 5.74) is 6.53. The number of hydrogen-bond acceptors (Lipinski definition) is 4. The first-order valence-electron chi connectivity index (χ1n) is 6.24. The van der Waals surface area contributed by atoms with Gasteiger partial charge in [-0.15, -0.1) is 12.4 Å². The molecule has 2 N–H and O–H groups in total. The number of nitriles is 1. The molecule has 1 aromatic carbocycles. The average molecular weight is 316 g/mol. The van der Waals surface area contributed by atoms with E-state index in [0.29, 0.717) is 18.7 Å². The molecule has 0 spiro atoms. The maximum Gasteiger partial charge on any atom is 0.244 e.